The van der Waals surface area contributed by atoms with Crippen LogP contribution in [0, 0.1) is 0 Å². The van der Waals surface area contributed by atoms with E-state index in [1.165, 1.54) is 0 Å². The fraction of sp³-hybridized carbons (Fsp3) is 0.714. The molecular weight excluding hydrogens is 228 g/mol. The predicted octanol–water partition coefficient (Wildman–Crippen LogP) is 2.56. The third-order valence-electron chi connectivity index (χ3n) is 2.19. The number of unbranched alkanes of at least 4 members (excludes halogenated alkanes) is 1. The molecular formula is C14H26N2O2. The first-order chi connectivity index (χ1) is 8.37. The SMILES string of the molecule is C=C=CCNCCCCN(C)C(=O)OC(C)(C)C. The largest absolute Gasteiger partial charge is 0.444 e. The Labute approximate surface area is 111 Å². The normalized spacial score (nSPS) is 10.7. The van der Waals surface area contributed by atoms with Crippen molar-refractivity contribution < 1.29 is 9.53 Å². The summed E-state index contributed by atoms with van der Waals surface area (Å²) in [5, 5.41) is 3.23. The van der Waals surface area contributed by atoms with Gasteiger partial charge >= 0.3 is 6.09 Å². The topological polar surface area (TPSA) is 41.6 Å². The Morgan fingerprint density at radius 2 is 2.11 bits per heavy atom. The molecule has 1 amide bonds. The number of ether oxygens (including phenoxy) is 1. The number of amides is 1. The van der Waals surface area contributed by atoms with E-state index in [1.807, 2.05) is 26.8 Å². The molecule has 0 saturated heterocycles. The molecule has 0 heterocycles. The first-order valence-corrected chi connectivity index (χ1v) is 6.36. The third-order valence-corrected chi connectivity index (χ3v) is 2.19. The van der Waals surface area contributed by atoms with Gasteiger partial charge in [0.1, 0.15) is 5.60 Å². The Morgan fingerprint density at radius 1 is 1.44 bits per heavy atom. The molecule has 0 unspecified atom stereocenters. The molecule has 1 N–H and O–H groups in total. The highest BCUT2D eigenvalue weighted by Gasteiger charge is 2.18. The van der Waals surface area contributed by atoms with Crippen LogP contribution < -0.4 is 5.32 Å². The zero-order valence-electron chi connectivity index (χ0n) is 12.1. The van der Waals surface area contributed by atoms with Gasteiger partial charge in [-0.25, -0.2) is 4.79 Å². The highest BCUT2D eigenvalue weighted by atomic mass is 16.6. The van der Waals surface area contributed by atoms with E-state index in [2.05, 4.69) is 17.6 Å². The first-order valence-electron chi connectivity index (χ1n) is 6.36. The molecule has 0 aromatic carbocycles. The summed E-state index contributed by atoms with van der Waals surface area (Å²) < 4.78 is 5.26. The van der Waals surface area contributed by atoms with Crippen molar-refractivity contribution >= 4 is 6.09 Å². The molecule has 0 spiro atoms. The zero-order valence-corrected chi connectivity index (χ0v) is 12.1. The minimum Gasteiger partial charge on any atom is -0.444 e. The summed E-state index contributed by atoms with van der Waals surface area (Å²) in [5.74, 6) is 0. The third kappa shape index (κ3) is 9.94. The van der Waals surface area contributed by atoms with Crippen LogP contribution in [-0.2, 0) is 4.74 Å². The molecule has 18 heavy (non-hydrogen) atoms. The lowest BCUT2D eigenvalue weighted by Crippen LogP contribution is -2.34. The molecule has 104 valence electrons. The highest BCUT2D eigenvalue weighted by molar-refractivity contribution is 5.67. The van der Waals surface area contributed by atoms with Crippen molar-refractivity contribution in [2.45, 2.75) is 39.2 Å². The number of carbonyl (C=O) groups excluding carboxylic acids is 1. The molecule has 0 bridgehead atoms. The van der Waals surface area contributed by atoms with Crippen molar-refractivity contribution in [3.63, 3.8) is 0 Å². The van der Waals surface area contributed by atoms with Crippen LogP contribution in [-0.4, -0.2) is 43.3 Å². The smallest absolute Gasteiger partial charge is 0.410 e. The van der Waals surface area contributed by atoms with Crippen LogP contribution in [0.25, 0.3) is 0 Å². The van der Waals surface area contributed by atoms with E-state index in [1.54, 1.807) is 11.9 Å². The van der Waals surface area contributed by atoms with Crippen LogP contribution in [0.2, 0.25) is 0 Å². The summed E-state index contributed by atoms with van der Waals surface area (Å²) in [4.78, 5) is 13.3. The second-order valence-electron chi connectivity index (χ2n) is 5.22. The second-order valence-corrected chi connectivity index (χ2v) is 5.22. The molecule has 0 saturated carbocycles. The Bertz CT molecular complexity index is 289. The van der Waals surface area contributed by atoms with Crippen molar-refractivity contribution in [3.05, 3.63) is 18.4 Å². The van der Waals surface area contributed by atoms with Crippen LogP contribution in [0.4, 0.5) is 4.79 Å². The molecule has 0 rings (SSSR count). The van der Waals surface area contributed by atoms with Crippen LogP contribution in [0.3, 0.4) is 0 Å². The number of nitrogens with one attached hydrogen (secondary N) is 1. The van der Waals surface area contributed by atoms with Crippen molar-refractivity contribution in [2.75, 3.05) is 26.7 Å². The van der Waals surface area contributed by atoms with Gasteiger partial charge in [0.25, 0.3) is 0 Å². The van der Waals surface area contributed by atoms with E-state index in [4.69, 9.17) is 4.74 Å². The van der Waals surface area contributed by atoms with Gasteiger partial charge in [-0.1, -0.05) is 6.58 Å². The van der Waals surface area contributed by atoms with Gasteiger partial charge < -0.3 is 15.0 Å². The average molecular weight is 254 g/mol. The Hall–Kier alpha value is -1.25. The van der Waals surface area contributed by atoms with Crippen LogP contribution in [0.15, 0.2) is 18.4 Å². The molecule has 0 aromatic rings. The summed E-state index contributed by atoms with van der Waals surface area (Å²) >= 11 is 0. The second kappa shape index (κ2) is 8.78. The van der Waals surface area contributed by atoms with Gasteiger partial charge in [0.15, 0.2) is 0 Å². The molecule has 0 atom stereocenters. The van der Waals surface area contributed by atoms with Crippen LogP contribution >= 0.6 is 0 Å². The van der Waals surface area contributed by atoms with Crippen molar-refractivity contribution in [2.24, 2.45) is 0 Å². The summed E-state index contributed by atoms with van der Waals surface area (Å²) in [6, 6.07) is 0. The van der Waals surface area contributed by atoms with Crippen LogP contribution in [0.1, 0.15) is 33.6 Å². The molecule has 0 aliphatic heterocycles. The lowest BCUT2D eigenvalue weighted by Gasteiger charge is -2.24. The van der Waals surface area contributed by atoms with E-state index in [9.17, 15) is 4.79 Å². The zero-order chi connectivity index (χ0) is 14.0. The predicted molar refractivity (Wildman–Crippen MR) is 74.7 cm³/mol. The Kier molecular flexibility index (Phi) is 8.17. The van der Waals surface area contributed by atoms with Gasteiger partial charge in [-0.2, -0.15) is 0 Å². The van der Waals surface area contributed by atoms with Crippen LogP contribution in [0.5, 0.6) is 0 Å². The summed E-state index contributed by atoms with van der Waals surface area (Å²) in [5.41, 5.74) is 2.28. The standard InChI is InChI=1S/C14H26N2O2/c1-6-7-10-15-11-8-9-12-16(5)13(17)18-14(2,3)4/h7,15H,1,8-12H2,2-5H3. The van der Waals surface area contributed by atoms with Gasteiger partial charge in [0.05, 0.1) is 0 Å². The first kappa shape index (κ1) is 16.8. The Balaban J connectivity index is 3.61. The minimum absolute atomic E-state index is 0.259. The number of rotatable bonds is 7. The van der Waals surface area contributed by atoms with Crippen molar-refractivity contribution in [3.8, 4) is 0 Å². The summed E-state index contributed by atoms with van der Waals surface area (Å²) in [6.07, 6.45) is 3.58. The maximum Gasteiger partial charge on any atom is 0.410 e. The molecule has 0 radical (unpaired) electrons. The van der Waals surface area contributed by atoms with Gasteiger partial charge in [-0.3, -0.25) is 0 Å². The minimum atomic E-state index is -0.427. The molecule has 0 aromatic heterocycles. The molecule has 0 fully saturated rings. The molecule has 0 aliphatic carbocycles. The van der Waals surface area contributed by atoms with Crippen molar-refractivity contribution in [1.29, 1.82) is 0 Å². The molecule has 0 aliphatic rings. The molecule has 4 heteroatoms. The monoisotopic (exact) mass is 254 g/mol. The van der Waals surface area contributed by atoms with Gasteiger partial charge in [-0.05, 0) is 46.2 Å². The van der Waals surface area contributed by atoms with Gasteiger partial charge in [0.2, 0.25) is 0 Å². The van der Waals surface area contributed by atoms with E-state index < -0.39 is 5.60 Å². The lowest BCUT2D eigenvalue weighted by atomic mass is 10.2. The number of nitrogens with zero attached hydrogens (tertiary/aromatic N) is 1. The lowest BCUT2D eigenvalue weighted by molar-refractivity contribution is 0.0296. The fourth-order valence-electron chi connectivity index (χ4n) is 1.28. The number of hydrogen-bond acceptors (Lipinski definition) is 3. The maximum absolute atomic E-state index is 11.6. The number of hydrogen-bond donors (Lipinski definition) is 1. The Morgan fingerprint density at radius 3 is 2.67 bits per heavy atom. The van der Waals surface area contributed by atoms with E-state index in [0.717, 1.165) is 25.9 Å². The van der Waals surface area contributed by atoms with E-state index >= 15 is 0 Å². The quantitative estimate of drug-likeness (QED) is 0.561. The average Bonchev–Trinajstić information content (AvgIpc) is 2.25. The van der Waals surface area contributed by atoms with Gasteiger partial charge in [-0.15, -0.1) is 5.73 Å². The highest BCUT2D eigenvalue weighted by Crippen LogP contribution is 2.09. The van der Waals surface area contributed by atoms with Gasteiger partial charge in [0, 0.05) is 20.1 Å². The van der Waals surface area contributed by atoms with E-state index in [0.29, 0.717) is 6.54 Å². The molecule has 4 nitrogen and oxygen atoms in total. The maximum atomic E-state index is 11.6. The fourth-order valence-corrected chi connectivity index (χ4v) is 1.28. The van der Waals surface area contributed by atoms with E-state index in [-0.39, 0.29) is 6.09 Å². The van der Waals surface area contributed by atoms with Crippen molar-refractivity contribution in [1.82, 2.24) is 10.2 Å². The summed E-state index contributed by atoms with van der Waals surface area (Å²) in [7, 11) is 1.77. The number of carbonyl (C=O) groups is 1. The summed E-state index contributed by atoms with van der Waals surface area (Å²) in [6.45, 7) is 11.5.